The summed E-state index contributed by atoms with van der Waals surface area (Å²) < 4.78 is 0. The van der Waals surface area contributed by atoms with Gasteiger partial charge in [-0.2, -0.15) is 0 Å². The molecule has 2 heterocycles. The van der Waals surface area contributed by atoms with E-state index >= 15 is 0 Å². The van der Waals surface area contributed by atoms with E-state index in [1.54, 1.807) is 0 Å². The Bertz CT molecular complexity index is 1010. The lowest BCUT2D eigenvalue weighted by Gasteiger charge is -2.35. The number of amides is 2. The van der Waals surface area contributed by atoms with Crippen LogP contribution in [0.25, 0.3) is 0 Å². The summed E-state index contributed by atoms with van der Waals surface area (Å²) >= 11 is 0. The lowest BCUT2D eigenvalue weighted by atomic mass is 9.87. The van der Waals surface area contributed by atoms with Gasteiger partial charge in [0.25, 0.3) is 11.8 Å². The number of benzene rings is 2. The molecule has 1 N–H and O–H groups in total. The van der Waals surface area contributed by atoms with Gasteiger partial charge in [-0.15, -0.1) is 0 Å². The summed E-state index contributed by atoms with van der Waals surface area (Å²) in [7, 11) is 0. The maximum Gasteiger partial charge on any atom is 0.256 e. The molecule has 0 atom stereocenters. The number of hydrogen-bond donors (Lipinski definition) is 1. The number of nitrogens with one attached hydrogen (secondary N) is 1. The number of piperidine rings is 2. The fraction of sp³-hybridized carbons (Fsp3) is 0.517. The summed E-state index contributed by atoms with van der Waals surface area (Å²) in [6.07, 6.45) is 5.58. The number of likely N-dealkylation sites (tertiary alicyclic amines) is 1. The van der Waals surface area contributed by atoms with Crippen molar-refractivity contribution in [1.82, 2.24) is 4.90 Å². The molecule has 0 spiro atoms. The Morgan fingerprint density at radius 1 is 0.882 bits per heavy atom. The van der Waals surface area contributed by atoms with Crippen LogP contribution in [0.4, 0.5) is 11.4 Å². The number of carbonyl (C=O) groups excluding carboxylic acids is 2. The van der Waals surface area contributed by atoms with E-state index in [2.05, 4.69) is 37.9 Å². The van der Waals surface area contributed by atoms with E-state index in [9.17, 15) is 9.59 Å². The van der Waals surface area contributed by atoms with Gasteiger partial charge in [0.1, 0.15) is 0 Å². The van der Waals surface area contributed by atoms with Crippen molar-refractivity contribution in [3.05, 3.63) is 59.2 Å². The first-order valence-electron chi connectivity index (χ1n) is 12.8. The Morgan fingerprint density at radius 2 is 1.53 bits per heavy atom. The molecule has 0 aromatic heterocycles. The van der Waals surface area contributed by atoms with Crippen molar-refractivity contribution in [1.29, 1.82) is 0 Å². The average Bonchev–Trinajstić information content (AvgIpc) is 2.84. The lowest BCUT2D eigenvalue weighted by Crippen LogP contribution is -2.38. The van der Waals surface area contributed by atoms with E-state index in [4.69, 9.17) is 0 Å². The molecule has 2 aromatic carbocycles. The Labute approximate surface area is 204 Å². The molecule has 34 heavy (non-hydrogen) atoms. The van der Waals surface area contributed by atoms with Crippen LogP contribution in [0, 0.1) is 5.92 Å². The van der Waals surface area contributed by atoms with E-state index in [0.29, 0.717) is 16.8 Å². The van der Waals surface area contributed by atoms with Crippen LogP contribution in [-0.2, 0) is 5.41 Å². The number of anilines is 2. The normalized spacial score (nSPS) is 17.5. The molecule has 0 radical (unpaired) electrons. The van der Waals surface area contributed by atoms with E-state index < -0.39 is 0 Å². The maximum absolute atomic E-state index is 13.6. The molecule has 2 aliphatic heterocycles. The summed E-state index contributed by atoms with van der Waals surface area (Å²) in [5.74, 6) is 0.649. The van der Waals surface area contributed by atoms with E-state index in [1.807, 2.05) is 47.4 Å². The topological polar surface area (TPSA) is 52.7 Å². The van der Waals surface area contributed by atoms with E-state index in [0.717, 1.165) is 63.5 Å². The highest BCUT2D eigenvalue weighted by molar-refractivity contribution is 6.06. The first kappa shape index (κ1) is 24.3. The van der Waals surface area contributed by atoms with Gasteiger partial charge in [0.2, 0.25) is 0 Å². The Hall–Kier alpha value is -2.82. The summed E-state index contributed by atoms with van der Waals surface area (Å²) in [5, 5.41) is 3.02. The van der Waals surface area contributed by atoms with Crippen LogP contribution >= 0.6 is 0 Å². The molecule has 0 bridgehead atoms. The van der Waals surface area contributed by atoms with Crippen molar-refractivity contribution >= 4 is 23.2 Å². The Balaban J connectivity index is 1.58. The van der Waals surface area contributed by atoms with Crippen LogP contribution in [0.3, 0.4) is 0 Å². The second-order valence-corrected chi connectivity index (χ2v) is 11.0. The van der Waals surface area contributed by atoms with Crippen LogP contribution in [-0.4, -0.2) is 42.9 Å². The summed E-state index contributed by atoms with van der Waals surface area (Å²) in [6.45, 7) is 12.3. The monoisotopic (exact) mass is 461 g/mol. The average molecular weight is 462 g/mol. The Morgan fingerprint density at radius 3 is 2.15 bits per heavy atom. The van der Waals surface area contributed by atoms with Crippen LogP contribution in [0.1, 0.15) is 86.1 Å². The number of carbonyl (C=O) groups is 2. The zero-order chi connectivity index (χ0) is 24.3. The molecule has 2 fully saturated rings. The molecule has 4 rings (SSSR count). The van der Waals surface area contributed by atoms with Gasteiger partial charge >= 0.3 is 0 Å². The minimum absolute atomic E-state index is 0.0425. The van der Waals surface area contributed by atoms with Crippen molar-refractivity contribution in [2.45, 2.75) is 65.2 Å². The van der Waals surface area contributed by atoms with Crippen molar-refractivity contribution in [3.63, 3.8) is 0 Å². The second kappa shape index (κ2) is 10.2. The maximum atomic E-state index is 13.6. The van der Waals surface area contributed by atoms with Gasteiger partial charge in [-0.05, 0) is 79.3 Å². The SMILES string of the molecule is CC1CCN(c2ccc(NC(=O)c3ccc(C(C)(C)C)cc3)cc2C(=O)N2CCCCC2)CC1. The van der Waals surface area contributed by atoms with Crippen LogP contribution < -0.4 is 10.2 Å². The number of nitrogens with zero attached hydrogens (tertiary/aromatic N) is 2. The highest BCUT2D eigenvalue weighted by Gasteiger charge is 2.26. The minimum atomic E-state index is -0.156. The van der Waals surface area contributed by atoms with Gasteiger partial charge in [-0.3, -0.25) is 9.59 Å². The predicted molar refractivity (Wildman–Crippen MR) is 140 cm³/mol. The van der Waals surface area contributed by atoms with Crippen molar-refractivity contribution < 1.29 is 9.59 Å². The smallest absolute Gasteiger partial charge is 0.256 e. The highest BCUT2D eigenvalue weighted by atomic mass is 16.2. The fourth-order valence-electron chi connectivity index (χ4n) is 4.90. The fourth-order valence-corrected chi connectivity index (χ4v) is 4.90. The molecule has 2 aromatic rings. The van der Waals surface area contributed by atoms with Crippen LogP contribution in [0.5, 0.6) is 0 Å². The molecule has 2 aliphatic rings. The van der Waals surface area contributed by atoms with Crippen molar-refractivity contribution in [2.24, 2.45) is 5.92 Å². The van der Waals surface area contributed by atoms with Gasteiger partial charge in [0.05, 0.1) is 5.56 Å². The van der Waals surface area contributed by atoms with Crippen molar-refractivity contribution in [3.8, 4) is 0 Å². The number of rotatable bonds is 4. The van der Waals surface area contributed by atoms with Gasteiger partial charge in [0.15, 0.2) is 0 Å². The van der Waals surface area contributed by atoms with Gasteiger partial charge in [-0.1, -0.05) is 39.8 Å². The van der Waals surface area contributed by atoms with Gasteiger partial charge < -0.3 is 15.1 Å². The van der Waals surface area contributed by atoms with Gasteiger partial charge in [-0.25, -0.2) is 0 Å². The zero-order valence-electron chi connectivity index (χ0n) is 21.2. The first-order valence-corrected chi connectivity index (χ1v) is 12.8. The summed E-state index contributed by atoms with van der Waals surface area (Å²) in [6, 6.07) is 13.6. The third-order valence-corrected chi connectivity index (χ3v) is 7.27. The molecule has 0 aliphatic carbocycles. The number of hydrogen-bond acceptors (Lipinski definition) is 3. The quantitative estimate of drug-likeness (QED) is 0.599. The zero-order valence-corrected chi connectivity index (χ0v) is 21.2. The molecule has 0 saturated carbocycles. The molecular weight excluding hydrogens is 422 g/mol. The van der Waals surface area contributed by atoms with E-state index in [1.165, 1.54) is 12.0 Å². The van der Waals surface area contributed by atoms with Crippen LogP contribution in [0.15, 0.2) is 42.5 Å². The van der Waals surface area contributed by atoms with Gasteiger partial charge in [0, 0.05) is 43.1 Å². The molecule has 5 nitrogen and oxygen atoms in total. The molecule has 5 heteroatoms. The largest absolute Gasteiger partial charge is 0.371 e. The summed E-state index contributed by atoms with van der Waals surface area (Å²) in [5.41, 5.74) is 4.22. The Kier molecular flexibility index (Phi) is 7.30. The molecular formula is C29H39N3O2. The van der Waals surface area contributed by atoms with Crippen LogP contribution in [0.2, 0.25) is 0 Å². The van der Waals surface area contributed by atoms with Crippen molar-refractivity contribution in [2.75, 3.05) is 36.4 Å². The third-order valence-electron chi connectivity index (χ3n) is 7.27. The molecule has 2 amide bonds. The van der Waals surface area contributed by atoms with E-state index in [-0.39, 0.29) is 17.2 Å². The first-order chi connectivity index (χ1) is 16.2. The second-order valence-electron chi connectivity index (χ2n) is 11.0. The predicted octanol–water partition coefficient (Wildman–Crippen LogP) is 6.10. The molecule has 0 unspecified atom stereocenters. The standard InChI is InChI=1S/C29H39N3O2/c1-21-14-18-31(19-15-21)26-13-12-24(20-25(26)28(34)32-16-6-5-7-17-32)30-27(33)22-8-10-23(11-9-22)29(2,3)4/h8-13,20-21H,5-7,14-19H2,1-4H3,(H,30,33). The minimum Gasteiger partial charge on any atom is -0.371 e. The molecule has 2 saturated heterocycles. The lowest BCUT2D eigenvalue weighted by molar-refractivity contribution is 0.0724. The summed E-state index contributed by atoms with van der Waals surface area (Å²) in [4.78, 5) is 30.8. The molecule has 182 valence electrons. The third kappa shape index (κ3) is 5.63. The highest BCUT2D eigenvalue weighted by Crippen LogP contribution is 2.31.